The van der Waals surface area contributed by atoms with Gasteiger partial charge in [0.25, 0.3) is 0 Å². The molecule has 0 spiro atoms. The van der Waals surface area contributed by atoms with Gasteiger partial charge in [0.2, 0.25) is 0 Å². The van der Waals surface area contributed by atoms with E-state index in [2.05, 4.69) is 9.58 Å². The zero-order valence-corrected chi connectivity index (χ0v) is 8.20. The van der Waals surface area contributed by atoms with Gasteiger partial charge in [-0.05, 0) is 18.1 Å². The van der Waals surface area contributed by atoms with E-state index in [1.165, 1.54) is 7.11 Å². The van der Waals surface area contributed by atoms with E-state index in [-0.39, 0.29) is 12.4 Å². The van der Waals surface area contributed by atoms with Crippen LogP contribution in [-0.4, -0.2) is 13.1 Å². The van der Waals surface area contributed by atoms with Crippen LogP contribution in [-0.2, 0) is 16.0 Å². The van der Waals surface area contributed by atoms with E-state index in [4.69, 9.17) is 6.57 Å². The van der Waals surface area contributed by atoms with E-state index in [1.54, 1.807) is 12.1 Å². The van der Waals surface area contributed by atoms with Gasteiger partial charge in [-0.1, -0.05) is 18.2 Å². The highest BCUT2D eigenvalue weighted by Gasteiger charge is 2.04. The zero-order valence-electron chi connectivity index (χ0n) is 8.20. The van der Waals surface area contributed by atoms with Gasteiger partial charge < -0.3 is 4.74 Å². The van der Waals surface area contributed by atoms with Crippen LogP contribution < -0.4 is 0 Å². The Hall–Kier alpha value is -1.82. The predicted octanol–water partition coefficient (Wildman–Crippen LogP) is 2.26. The molecule has 0 radical (unpaired) electrons. The zero-order chi connectivity index (χ0) is 10.6. The summed E-state index contributed by atoms with van der Waals surface area (Å²) in [6, 6.07) is 5.34. The number of ether oxygens (including phenoxy) is 1. The van der Waals surface area contributed by atoms with Gasteiger partial charge in [0.15, 0.2) is 5.69 Å². The Morgan fingerprint density at radius 2 is 2.29 bits per heavy atom. The number of carbonyl (C=O) groups excluding carboxylic acids is 1. The van der Waals surface area contributed by atoms with Crippen molar-refractivity contribution in [3.05, 3.63) is 40.7 Å². The Labute approximate surface area is 83.1 Å². The van der Waals surface area contributed by atoms with E-state index in [9.17, 15) is 4.79 Å². The lowest BCUT2D eigenvalue weighted by Gasteiger charge is -2.02. The molecule has 0 saturated carbocycles. The van der Waals surface area contributed by atoms with E-state index in [1.807, 2.05) is 13.0 Å². The number of aryl methyl sites for hydroxylation is 1. The summed E-state index contributed by atoms with van der Waals surface area (Å²) in [5, 5.41) is 0. The molecule has 0 heterocycles. The first-order valence-electron chi connectivity index (χ1n) is 4.21. The molecule has 1 rings (SSSR count). The van der Waals surface area contributed by atoms with Crippen LogP contribution in [0.3, 0.4) is 0 Å². The van der Waals surface area contributed by atoms with Crippen LogP contribution in [0.15, 0.2) is 18.2 Å². The van der Waals surface area contributed by atoms with Gasteiger partial charge in [-0.2, -0.15) is 0 Å². The molecule has 0 aliphatic carbocycles. The monoisotopic (exact) mass is 189 g/mol. The van der Waals surface area contributed by atoms with Crippen LogP contribution in [0.5, 0.6) is 0 Å². The van der Waals surface area contributed by atoms with Crippen LogP contribution >= 0.6 is 0 Å². The van der Waals surface area contributed by atoms with Crippen molar-refractivity contribution in [2.45, 2.75) is 13.3 Å². The molecule has 0 unspecified atom stereocenters. The van der Waals surface area contributed by atoms with E-state index < -0.39 is 0 Å². The van der Waals surface area contributed by atoms with Crippen LogP contribution in [0.2, 0.25) is 0 Å². The average Bonchev–Trinajstić information content (AvgIpc) is 2.18. The summed E-state index contributed by atoms with van der Waals surface area (Å²) in [5.74, 6) is -0.264. The van der Waals surface area contributed by atoms with Crippen LogP contribution in [0.1, 0.15) is 11.1 Å². The van der Waals surface area contributed by atoms with Gasteiger partial charge in [0, 0.05) is 0 Å². The number of methoxy groups -OCH3 is 1. The first-order valence-corrected chi connectivity index (χ1v) is 4.21. The summed E-state index contributed by atoms with van der Waals surface area (Å²) in [4.78, 5) is 14.3. The lowest BCUT2D eigenvalue weighted by Crippen LogP contribution is -2.04. The van der Waals surface area contributed by atoms with Gasteiger partial charge in [-0.3, -0.25) is 4.79 Å². The molecule has 1 aromatic rings. The minimum atomic E-state index is -0.264. The number of rotatable bonds is 2. The minimum Gasteiger partial charge on any atom is -0.469 e. The molecule has 14 heavy (non-hydrogen) atoms. The molecule has 0 aliphatic rings. The van der Waals surface area contributed by atoms with Gasteiger partial charge in [-0.15, -0.1) is 0 Å². The fourth-order valence-electron chi connectivity index (χ4n) is 1.19. The van der Waals surface area contributed by atoms with E-state index in [0.29, 0.717) is 5.69 Å². The maximum Gasteiger partial charge on any atom is 0.309 e. The Kier molecular flexibility index (Phi) is 3.24. The molecule has 3 heteroatoms. The minimum absolute atomic E-state index is 0.260. The maximum absolute atomic E-state index is 11.0. The SMILES string of the molecule is [C-]#[N+]c1ccc(CC(=O)OC)cc1C. The largest absolute Gasteiger partial charge is 0.469 e. The van der Waals surface area contributed by atoms with Crippen molar-refractivity contribution in [2.24, 2.45) is 0 Å². The molecule has 0 fully saturated rings. The highest BCUT2D eigenvalue weighted by molar-refractivity contribution is 5.72. The topological polar surface area (TPSA) is 30.7 Å². The summed E-state index contributed by atoms with van der Waals surface area (Å²) in [5.41, 5.74) is 2.39. The summed E-state index contributed by atoms with van der Waals surface area (Å²) in [6.45, 7) is 8.72. The van der Waals surface area contributed by atoms with Crippen LogP contribution in [0.25, 0.3) is 4.85 Å². The van der Waals surface area contributed by atoms with Crippen molar-refractivity contribution in [1.29, 1.82) is 0 Å². The fourth-order valence-corrected chi connectivity index (χ4v) is 1.19. The molecule has 0 atom stereocenters. The van der Waals surface area contributed by atoms with Crippen LogP contribution in [0.4, 0.5) is 5.69 Å². The standard InChI is InChI=1S/C11H11NO2/c1-8-6-9(7-11(13)14-3)4-5-10(8)12-2/h4-6H,7H2,1,3H3. The van der Waals surface area contributed by atoms with Crippen molar-refractivity contribution in [2.75, 3.05) is 7.11 Å². The summed E-state index contributed by atoms with van der Waals surface area (Å²) < 4.78 is 4.55. The normalized spacial score (nSPS) is 9.21. The van der Waals surface area contributed by atoms with Crippen molar-refractivity contribution in [1.82, 2.24) is 0 Å². The second kappa shape index (κ2) is 4.43. The van der Waals surface area contributed by atoms with Crippen molar-refractivity contribution < 1.29 is 9.53 Å². The lowest BCUT2D eigenvalue weighted by molar-refractivity contribution is -0.139. The molecule has 0 aliphatic heterocycles. The highest BCUT2D eigenvalue weighted by atomic mass is 16.5. The molecule has 0 aromatic heterocycles. The predicted molar refractivity (Wildman–Crippen MR) is 53.2 cm³/mol. The summed E-state index contributed by atoms with van der Waals surface area (Å²) >= 11 is 0. The number of benzene rings is 1. The Morgan fingerprint density at radius 3 is 2.79 bits per heavy atom. The van der Waals surface area contributed by atoms with Crippen molar-refractivity contribution in [3.8, 4) is 0 Å². The van der Waals surface area contributed by atoms with Crippen LogP contribution in [0, 0.1) is 13.5 Å². The molecule has 0 bridgehead atoms. The van der Waals surface area contributed by atoms with Gasteiger partial charge in [-0.25, -0.2) is 4.85 Å². The average molecular weight is 189 g/mol. The first kappa shape index (κ1) is 10.3. The second-order valence-electron chi connectivity index (χ2n) is 2.99. The third-order valence-electron chi connectivity index (χ3n) is 1.96. The molecule has 72 valence electrons. The number of esters is 1. The highest BCUT2D eigenvalue weighted by Crippen LogP contribution is 2.19. The fraction of sp³-hybridized carbons (Fsp3) is 0.273. The summed E-state index contributed by atoms with van der Waals surface area (Å²) in [6.07, 6.45) is 0.260. The summed E-state index contributed by atoms with van der Waals surface area (Å²) in [7, 11) is 1.36. The van der Waals surface area contributed by atoms with Gasteiger partial charge >= 0.3 is 5.97 Å². The quantitative estimate of drug-likeness (QED) is 0.527. The third kappa shape index (κ3) is 2.33. The molecular formula is C11H11NO2. The molecule has 0 amide bonds. The van der Waals surface area contributed by atoms with Crippen molar-refractivity contribution in [3.63, 3.8) is 0 Å². The number of hydrogen-bond acceptors (Lipinski definition) is 2. The Balaban J connectivity index is 2.88. The van der Waals surface area contributed by atoms with Gasteiger partial charge in [0.1, 0.15) is 0 Å². The third-order valence-corrected chi connectivity index (χ3v) is 1.96. The van der Waals surface area contributed by atoms with Crippen molar-refractivity contribution >= 4 is 11.7 Å². The molecular weight excluding hydrogens is 178 g/mol. The molecule has 3 nitrogen and oxygen atoms in total. The lowest BCUT2D eigenvalue weighted by atomic mass is 10.1. The smallest absolute Gasteiger partial charge is 0.309 e. The number of hydrogen-bond donors (Lipinski definition) is 0. The second-order valence-corrected chi connectivity index (χ2v) is 2.99. The molecule has 0 N–H and O–H groups in total. The molecule has 1 aromatic carbocycles. The maximum atomic E-state index is 11.0. The van der Waals surface area contributed by atoms with Gasteiger partial charge in [0.05, 0.1) is 20.1 Å². The number of carbonyl (C=O) groups is 1. The Bertz CT molecular complexity index is 391. The first-order chi connectivity index (χ1) is 6.67. The number of nitrogens with zero attached hydrogens (tertiary/aromatic N) is 1. The Morgan fingerprint density at radius 1 is 1.57 bits per heavy atom. The molecule has 0 saturated heterocycles. The van der Waals surface area contributed by atoms with E-state index >= 15 is 0 Å². The van der Waals surface area contributed by atoms with E-state index in [0.717, 1.165) is 11.1 Å².